The average Bonchev–Trinajstić information content (AvgIpc) is 2.75. The number of aliphatic imine (C=N–C) groups is 1. The van der Waals surface area contributed by atoms with Crippen molar-refractivity contribution in [1.29, 1.82) is 10.8 Å². The molecule has 2 aromatic rings. The maximum absolute atomic E-state index is 12.8. The molecule has 0 saturated heterocycles. The van der Waals surface area contributed by atoms with Crippen molar-refractivity contribution in [3.63, 3.8) is 0 Å². The number of hydrogen-bond donors (Lipinski definition) is 3. The van der Waals surface area contributed by atoms with Gasteiger partial charge < -0.3 is 16.2 Å². The Bertz CT molecular complexity index is 1100. The first-order chi connectivity index (χ1) is 14.8. The lowest BCUT2D eigenvalue weighted by Crippen LogP contribution is -2.39. The molecule has 0 aromatic heterocycles. The number of carbonyl (C=O) groups is 1. The quantitative estimate of drug-likeness (QED) is 0.142. The summed E-state index contributed by atoms with van der Waals surface area (Å²) in [7, 11) is -3.98. The van der Waals surface area contributed by atoms with Gasteiger partial charge in [0.05, 0.1) is 20.7 Å². The van der Waals surface area contributed by atoms with Crippen molar-refractivity contribution in [3.8, 4) is 11.5 Å². The number of nitrogens with zero attached hydrogens (tertiary/aromatic N) is 3. The van der Waals surface area contributed by atoms with E-state index < -0.39 is 21.3 Å². The third-order valence-electron chi connectivity index (χ3n) is 4.03. The Hall–Kier alpha value is -2.85. The highest BCUT2D eigenvalue weighted by molar-refractivity contribution is 7.99. The normalized spacial score (nSPS) is 12.7. The molecule has 5 N–H and O–H groups in total. The highest BCUT2D eigenvalue weighted by atomic mass is 35.5. The second-order valence-electron chi connectivity index (χ2n) is 6.19. The molecule has 0 aliphatic carbocycles. The number of hydrogen-bond acceptors (Lipinski definition) is 8. The fraction of sp³-hybridized carbons (Fsp3) is 0.222. The number of nitrogens with two attached hydrogens (primary N) is 2. The standard InChI is InChI=1S/C18H19ClN4O4S2.N2/c19-17(24)12(4-3-9-22-18(20)21)23-29(25,26)11-7-8-14-16(10-11)28-15-6-2-1-5-13(15)27-14;1-2/h1-2,5-8,10,12,23H,3-4,9H2,(H4,20,21,22);/t12-;/m0./s1. The Morgan fingerprint density at radius 1 is 1.16 bits per heavy atom. The van der Waals surface area contributed by atoms with E-state index in [4.69, 9.17) is 38.6 Å². The number of benzene rings is 2. The summed E-state index contributed by atoms with van der Waals surface area (Å²) in [5, 5.41) is 11.2. The van der Waals surface area contributed by atoms with Gasteiger partial charge in [0.1, 0.15) is 11.5 Å². The average molecular weight is 483 g/mol. The van der Waals surface area contributed by atoms with Crippen molar-refractivity contribution in [3.05, 3.63) is 42.5 Å². The van der Waals surface area contributed by atoms with Crippen LogP contribution in [0.1, 0.15) is 12.8 Å². The van der Waals surface area contributed by atoms with Gasteiger partial charge in [0.2, 0.25) is 15.3 Å². The summed E-state index contributed by atoms with van der Waals surface area (Å²) >= 11 is 6.98. The maximum atomic E-state index is 12.8. The molecule has 10 nitrogen and oxygen atoms in total. The molecule has 0 radical (unpaired) electrons. The third kappa shape index (κ3) is 6.56. The zero-order chi connectivity index (χ0) is 23.0. The first kappa shape index (κ1) is 24.4. The highest BCUT2D eigenvalue weighted by Crippen LogP contribution is 2.47. The molecule has 1 aliphatic rings. The number of guanidine groups is 1. The zero-order valence-corrected chi connectivity index (χ0v) is 18.5. The van der Waals surface area contributed by atoms with Crippen LogP contribution < -0.4 is 20.9 Å². The summed E-state index contributed by atoms with van der Waals surface area (Å²) in [5.74, 6) is 1.21. The van der Waals surface area contributed by atoms with Crippen LogP contribution in [0, 0.1) is 10.8 Å². The predicted molar refractivity (Wildman–Crippen MR) is 115 cm³/mol. The Labute approximate surface area is 188 Å². The molecule has 0 fully saturated rings. The van der Waals surface area contributed by atoms with Crippen molar-refractivity contribution in [2.24, 2.45) is 16.5 Å². The lowest BCUT2D eigenvalue weighted by molar-refractivity contribution is -0.113. The summed E-state index contributed by atoms with van der Waals surface area (Å²) in [6.07, 6.45) is 0.544. The fourth-order valence-electron chi connectivity index (χ4n) is 2.65. The molecule has 164 valence electrons. The number of halogens is 1. The van der Waals surface area contributed by atoms with E-state index >= 15 is 0 Å². The topological polar surface area (TPSA) is 184 Å². The van der Waals surface area contributed by atoms with Crippen LogP contribution in [-0.4, -0.2) is 32.2 Å². The Balaban J connectivity index is 0.00000166. The van der Waals surface area contributed by atoms with E-state index in [0.29, 0.717) is 22.8 Å². The molecule has 0 amide bonds. The monoisotopic (exact) mass is 482 g/mol. The van der Waals surface area contributed by atoms with Crippen LogP contribution in [0.15, 0.2) is 62.1 Å². The molecule has 1 aliphatic heterocycles. The molecular weight excluding hydrogens is 464 g/mol. The van der Waals surface area contributed by atoms with Gasteiger partial charge in [0, 0.05) is 17.3 Å². The van der Waals surface area contributed by atoms with Crippen molar-refractivity contribution < 1.29 is 17.9 Å². The highest BCUT2D eigenvalue weighted by Gasteiger charge is 2.26. The molecule has 0 spiro atoms. The van der Waals surface area contributed by atoms with Crippen LogP contribution in [0.2, 0.25) is 0 Å². The van der Waals surface area contributed by atoms with Gasteiger partial charge in [-0.25, -0.2) is 8.42 Å². The number of para-hydroxylation sites is 1. The van der Waals surface area contributed by atoms with Gasteiger partial charge >= 0.3 is 0 Å². The third-order valence-corrected chi connectivity index (χ3v) is 6.86. The van der Waals surface area contributed by atoms with Crippen LogP contribution in [0.4, 0.5) is 0 Å². The Kier molecular flexibility index (Phi) is 8.64. The summed E-state index contributed by atoms with van der Waals surface area (Å²) in [6.45, 7) is 0.261. The molecular formula is C18H19ClN6O4S2. The van der Waals surface area contributed by atoms with Gasteiger partial charge in [-0.2, -0.15) is 4.72 Å². The van der Waals surface area contributed by atoms with E-state index in [-0.39, 0.29) is 23.8 Å². The van der Waals surface area contributed by atoms with Crippen LogP contribution >= 0.6 is 23.4 Å². The number of fused-ring (bicyclic) bond motifs is 2. The number of rotatable bonds is 8. The molecule has 1 heterocycles. The lowest BCUT2D eigenvalue weighted by Gasteiger charge is -2.20. The van der Waals surface area contributed by atoms with E-state index in [9.17, 15) is 13.2 Å². The number of carbonyl (C=O) groups excluding carboxylic acids is 1. The molecule has 0 unspecified atom stereocenters. The largest absolute Gasteiger partial charge is 0.455 e. The summed E-state index contributed by atoms with van der Waals surface area (Å²) in [5.41, 5.74) is 10.5. The molecule has 0 saturated carbocycles. The molecule has 31 heavy (non-hydrogen) atoms. The van der Waals surface area contributed by atoms with Crippen molar-refractivity contribution in [2.45, 2.75) is 33.6 Å². The van der Waals surface area contributed by atoms with E-state index in [1.807, 2.05) is 24.3 Å². The molecule has 1 atom stereocenters. The van der Waals surface area contributed by atoms with Gasteiger partial charge in [0.15, 0.2) is 5.96 Å². The Morgan fingerprint density at radius 2 is 1.84 bits per heavy atom. The maximum Gasteiger partial charge on any atom is 0.241 e. The Morgan fingerprint density at radius 3 is 2.52 bits per heavy atom. The van der Waals surface area contributed by atoms with Crippen molar-refractivity contribution in [1.82, 2.24) is 4.72 Å². The zero-order valence-electron chi connectivity index (χ0n) is 16.1. The van der Waals surface area contributed by atoms with E-state index in [2.05, 4.69) is 9.71 Å². The molecule has 3 rings (SSSR count). The van der Waals surface area contributed by atoms with Gasteiger partial charge in [-0.1, -0.05) is 23.9 Å². The summed E-state index contributed by atoms with van der Waals surface area (Å²) < 4.78 is 33.7. The second-order valence-corrected chi connectivity index (χ2v) is 9.36. The van der Waals surface area contributed by atoms with Crippen LogP contribution in [-0.2, 0) is 14.8 Å². The summed E-state index contributed by atoms with van der Waals surface area (Å²) in [6, 6.07) is 10.9. The first-order valence-electron chi connectivity index (χ1n) is 8.82. The van der Waals surface area contributed by atoms with Gasteiger partial charge in [0.25, 0.3) is 0 Å². The van der Waals surface area contributed by atoms with Crippen LogP contribution in [0.3, 0.4) is 0 Å². The minimum Gasteiger partial charge on any atom is -0.455 e. The molecule has 13 heteroatoms. The summed E-state index contributed by atoms with van der Waals surface area (Å²) in [4.78, 5) is 17.0. The van der Waals surface area contributed by atoms with Crippen molar-refractivity contribution >= 4 is 44.6 Å². The minimum atomic E-state index is -3.98. The van der Waals surface area contributed by atoms with Gasteiger partial charge in [-0.05, 0) is 54.8 Å². The fourth-order valence-corrected chi connectivity index (χ4v) is 5.20. The van der Waals surface area contributed by atoms with E-state index in [1.165, 1.54) is 23.9 Å². The predicted octanol–water partition coefficient (Wildman–Crippen LogP) is 2.44. The minimum absolute atomic E-state index is 0.0128. The smallest absolute Gasteiger partial charge is 0.241 e. The molecule has 0 bridgehead atoms. The van der Waals surface area contributed by atoms with Crippen molar-refractivity contribution in [2.75, 3.05) is 6.54 Å². The first-order valence-corrected chi connectivity index (χ1v) is 11.5. The second kappa shape index (κ2) is 11.0. The SMILES string of the molecule is N#N.NC(N)=NCCC[C@H](NS(=O)(=O)c1ccc2c(c1)Sc1ccccc1O2)C(=O)Cl. The van der Waals surface area contributed by atoms with Crippen LogP contribution in [0.5, 0.6) is 11.5 Å². The number of sulfonamides is 1. The van der Waals surface area contributed by atoms with Crippen LogP contribution in [0.25, 0.3) is 0 Å². The number of nitrogens with one attached hydrogen (secondary N) is 1. The lowest BCUT2D eigenvalue weighted by atomic mass is 10.2. The number of ether oxygens (including phenoxy) is 1. The van der Waals surface area contributed by atoms with E-state index in [0.717, 1.165) is 4.90 Å². The molecule has 2 aromatic carbocycles. The van der Waals surface area contributed by atoms with Gasteiger partial charge in [-0.3, -0.25) is 9.79 Å². The van der Waals surface area contributed by atoms with E-state index in [1.54, 1.807) is 6.07 Å². The van der Waals surface area contributed by atoms with Gasteiger partial charge in [-0.15, -0.1) is 0 Å².